The van der Waals surface area contributed by atoms with E-state index < -0.39 is 0 Å². The van der Waals surface area contributed by atoms with Gasteiger partial charge in [0.25, 0.3) is 0 Å². The third-order valence-corrected chi connectivity index (χ3v) is 6.73. The molecule has 7 heteroatoms. The van der Waals surface area contributed by atoms with Crippen LogP contribution in [-0.4, -0.2) is 18.2 Å². The van der Waals surface area contributed by atoms with Crippen LogP contribution in [0.1, 0.15) is 52.0 Å². The molecule has 0 bridgehead atoms. The number of hydrogen-bond donors (Lipinski definition) is 2. The van der Waals surface area contributed by atoms with Crippen molar-refractivity contribution < 1.29 is 9.53 Å². The van der Waals surface area contributed by atoms with Crippen LogP contribution in [0.5, 0.6) is 0 Å². The molecule has 0 fully saturated rings. The number of aryl methyl sites for hydroxylation is 2. The number of carbonyl (C=O) groups excluding carboxylic acids is 1. The fraction of sp³-hybridized carbons (Fsp3) is 0.400. The Bertz CT molecular complexity index is 864. The van der Waals surface area contributed by atoms with E-state index in [0.29, 0.717) is 10.7 Å². The average Bonchev–Trinajstić information content (AvgIpc) is 2.93. The Hall–Kier alpha value is -1.44. The van der Waals surface area contributed by atoms with Crippen LogP contribution in [0.2, 0.25) is 0 Å². The molecule has 4 nitrogen and oxygen atoms in total. The number of esters is 1. The lowest BCUT2D eigenvalue weighted by Crippen LogP contribution is -2.20. The van der Waals surface area contributed by atoms with Crippen molar-refractivity contribution in [1.82, 2.24) is 0 Å². The zero-order valence-electron chi connectivity index (χ0n) is 15.5. The van der Waals surface area contributed by atoms with E-state index >= 15 is 0 Å². The fourth-order valence-corrected chi connectivity index (χ4v) is 5.45. The quantitative estimate of drug-likeness (QED) is 0.424. The second-order valence-electron chi connectivity index (χ2n) is 6.68. The van der Waals surface area contributed by atoms with Crippen molar-refractivity contribution in [3.63, 3.8) is 0 Å². The summed E-state index contributed by atoms with van der Waals surface area (Å²) in [5, 5.41) is 7.66. The summed E-state index contributed by atoms with van der Waals surface area (Å²) >= 11 is 10.7. The van der Waals surface area contributed by atoms with Gasteiger partial charge in [-0.15, -0.1) is 11.3 Å². The van der Waals surface area contributed by atoms with Gasteiger partial charge in [0.1, 0.15) is 5.00 Å². The Morgan fingerprint density at radius 1 is 1.19 bits per heavy atom. The summed E-state index contributed by atoms with van der Waals surface area (Å²) in [6.07, 6.45) is 6.64. The Balaban J connectivity index is 1.85. The predicted molar refractivity (Wildman–Crippen MR) is 120 cm³/mol. The second kappa shape index (κ2) is 9.17. The van der Waals surface area contributed by atoms with Gasteiger partial charge in [0.2, 0.25) is 0 Å². The minimum Gasteiger partial charge on any atom is -0.465 e. The molecule has 0 saturated carbocycles. The van der Waals surface area contributed by atoms with Crippen LogP contribution in [0, 0.1) is 6.92 Å². The maximum absolute atomic E-state index is 12.5. The van der Waals surface area contributed by atoms with E-state index in [1.165, 1.54) is 24.8 Å². The van der Waals surface area contributed by atoms with Crippen molar-refractivity contribution in [2.75, 3.05) is 17.7 Å². The van der Waals surface area contributed by atoms with Gasteiger partial charge in [-0.1, -0.05) is 18.9 Å². The molecule has 0 spiro atoms. The lowest BCUT2D eigenvalue weighted by atomic mass is 9.96. The molecule has 1 aromatic carbocycles. The smallest absolute Gasteiger partial charge is 0.341 e. The number of nitrogens with one attached hydrogen (secondary N) is 2. The number of benzene rings is 1. The van der Waals surface area contributed by atoms with Gasteiger partial charge >= 0.3 is 5.97 Å². The van der Waals surface area contributed by atoms with Gasteiger partial charge < -0.3 is 15.4 Å². The van der Waals surface area contributed by atoms with Gasteiger partial charge in [0, 0.05) is 9.35 Å². The number of halogens is 1. The molecule has 0 saturated heterocycles. The summed E-state index contributed by atoms with van der Waals surface area (Å²) in [6.45, 7) is 2.04. The van der Waals surface area contributed by atoms with Crippen molar-refractivity contribution in [3.8, 4) is 0 Å². The number of fused-ring (bicyclic) bond motifs is 1. The van der Waals surface area contributed by atoms with E-state index in [1.807, 2.05) is 25.1 Å². The van der Waals surface area contributed by atoms with Crippen LogP contribution in [0.4, 0.5) is 10.7 Å². The normalized spacial score (nSPS) is 13.9. The Labute approximate surface area is 177 Å². The van der Waals surface area contributed by atoms with Crippen molar-refractivity contribution >= 4 is 61.3 Å². The van der Waals surface area contributed by atoms with Crippen LogP contribution < -0.4 is 10.6 Å². The first-order valence-corrected chi connectivity index (χ1v) is 11.1. The summed E-state index contributed by atoms with van der Waals surface area (Å²) in [5.74, 6) is -0.296. The topological polar surface area (TPSA) is 50.4 Å². The van der Waals surface area contributed by atoms with Crippen LogP contribution in [0.3, 0.4) is 0 Å². The molecule has 27 heavy (non-hydrogen) atoms. The highest BCUT2D eigenvalue weighted by Crippen LogP contribution is 2.37. The van der Waals surface area contributed by atoms with E-state index in [0.717, 1.165) is 52.0 Å². The lowest BCUT2D eigenvalue weighted by molar-refractivity contribution is 0.0601. The van der Waals surface area contributed by atoms with Crippen molar-refractivity contribution in [1.29, 1.82) is 0 Å². The first-order valence-electron chi connectivity index (χ1n) is 9.06. The van der Waals surface area contributed by atoms with Crippen molar-refractivity contribution in [3.05, 3.63) is 44.2 Å². The Morgan fingerprint density at radius 3 is 2.63 bits per heavy atom. The minimum absolute atomic E-state index is 0.296. The zero-order chi connectivity index (χ0) is 19.4. The van der Waals surface area contributed by atoms with Gasteiger partial charge in [-0.05, 0) is 84.0 Å². The molecular formula is C20H23BrN2O2S2. The number of rotatable bonds is 3. The lowest BCUT2D eigenvalue weighted by Gasteiger charge is -2.13. The van der Waals surface area contributed by atoms with E-state index in [1.54, 1.807) is 11.3 Å². The van der Waals surface area contributed by atoms with Crippen LogP contribution >= 0.6 is 39.5 Å². The molecule has 0 aliphatic heterocycles. The largest absolute Gasteiger partial charge is 0.465 e. The van der Waals surface area contributed by atoms with E-state index in [9.17, 15) is 4.79 Å². The summed E-state index contributed by atoms with van der Waals surface area (Å²) < 4.78 is 6.00. The van der Waals surface area contributed by atoms with Gasteiger partial charge in [0.15, 0.2) is 5.11 Å². The Kier molecular flexibility index (Phi) is 6.89. The van der Waals surface area contributed by atoms with Gasteiger partial charge in [0.05, 0.1) is 18.4 Å². The fourth-order valence-electron chi connectivity index (χ4n) is 3.30. The molecule has 2 aromatic rings. The molecular weight excluding hydrogens is 444 g/mol. The second-order valence-corrected chi connectivity index (χ2v) is 9.04. The maximum atomic E-state index is 12.5. The molecule has 144 valence electrons. The monoisotopic (exact) mass is 466 g/mol. The minimum atomic E-state index is -0.296. The average molecular weight is 467 g/mol. The number of carbonyl (C=O) groups is 1. The number of methoxy groups -OCH3 is 1. The molecule has 0 amide bonds. The van der Waals surface area contributed by atoms with E-state index in [-0.39, 0.29) is 5.97 Å². The molecule has 0 atom stereocenters. The number of ether oxygens (including phenoxy) is 1. The third-order valence-electron chi connectivity index (χ3n) is 4.66. The number of anilines is 2. The summed E-state index contributed by atoms with van der Waals surface area (Å²) in [7, 11) is 1.43. The first-order chi connectivity index (χ1) is 13.0. The van der Waals surface area contributed by atoms with Crippen molar-refractivity contribution in [2.45, 2.75) is 45.4 Å². The maximum Gasteiger partial charge on any atom is 0.341 e. The number of hydrogen-bond acceptors (Lipinski definition) is 4. The molecule has 1 aliphatic carbocycles. The predicted octanol–water partition coefficient (Wildman–Crippen LogP) is 6.07. The number of thiocarbonyl (C=S) groups is 1. The van der Waals surface area contributed by atoms with Crippen LogP contribution in [0.15, 0.2) is 22.7 Å². The van der Waals surface area contributed by atoms with Gasteiger partial charge in [-0.2, -0.15) is 0 Å². The SMILES string of the molecule is COC(=O)c1c(NC(=S)Nc2ccc(C)cc2Br)sc2c1CCCCCC2. The number of thiophene rings is 1. The highest BCUT2D eigenvalue weighted by molar-refractivity contribution is 9.10. The molecule has 0 unspecified atom stereocenters. The Morgan fingerprint density at radius 2 is 1.93 bits per heavy atom. The van der Waals surface area contributed by atoms with Crippen molar-refractivity contribution in [2.24, 2.45) is 0 Å². The van der Waals surface area contributed by atoms with E-state index in [4.69, 9.17) is 17.0 Å². The summed E-state index contributed by atoms with van der Waals surface area (Å²) in [5.41, 5.74) is 3.82. The molecule has 1 heterocycles. The first kappa shape index (κ1) is 20.3. The van der Waals surface area contributed by atoms with Gasteiger partial charge in [-0.3, -0.25) is 0 Å². The van der Waals surface area contributed by atoms with E-state index in [2.05, 4.69) is 26.6 Å². The third kappa shape index (κ3) is 4.89. The van der Waals surface area contributed by atoms with Crippen LogP contribution in [-0.2, 0) is 17.6 Å². The standard InChI is InChI=1S/C20H23BrN2O2S2/c1-12-9-10-15(14(21)11-12)22-20(26)23-18-17(19(24)25-2)13-7-5-3-4-6-8-16(13)27-18/h9-11H,3-8H2,1-2H3,(H2,22,23,26). The molecule has 0 radical (unpaired) electrons. The molecule has 2 N–H and O–H groups in total. The summed E-state index contributed by atoms with van der Waals surface area (Å²) in [6, 6.07) is 6.02. The molecule has 1 aliphatic rings. The highest BCUT2D eigenvalue weighted by atomic mass is 79.9. The highest BCUT2D eigenvalue weighted by Gasteiger charge is 2.25. The molecule has 3 rings (SSSR count). The summed E-state index contributed by atoms with van der Waals surface area (Å²) in [4.78, 5) is 13.7. The van der Waals surface area contributed by atoms with Crippen LogP contribution in [0.25, 0.3) is 0 Å². The van der Waals surface area contributed by atoms with Gasteiger partial charge in [-0.25, -0.2) is 4.79 Å². The zero-order valence-corrected chi connectivity index (χ0v) is 18.7. The molecule has 1 aromatic heterocycles.